The summed E-state index contributed by atoms with van der Waals surface area (Å²) in [7, 11) is 0. The van der Waals surface area contributed by atoms with E-state index in [1.165, 1.54) is 5.56 Å². The van der Waals surface area contributed by atoms with Crippen molar-refractivity contribution in [2.24, 2.45) is 0 Å². The summed E-state index contributed by atoms with van der Waals surface area (Å²) < 4.78 is 6.45. The van der Waals surface area contributed by atoms with Gasteiger partial charge in [0.25, 0.3) is 0 Å². The Morgan fingerprint density at radius 1 is 1.18 bits per heavy atom. The Hall–Kier alpha value is -1.61. The van der Waals surface area contributed by atoms with E-state index in [1.54, 1.807) is 12.4 Å². The fourth-order valence-corrected chi connectivity index (χ4v) is 1.73. The van der Waals surface area contributed by atoms with Gasteiger partial charge in [0.15, 0.2) is 0 Å². The molecule has 0 radical (unpaired) electrons. The molecule has 2 nitrogen and oxygen atoms in total. The van der Waals surface area contributed by atoms with Gasteiger partial charge in [-0.2, -0.15) is 0 Å². The normalized spacial score (nSPS) is 10.6. The summed E-state index contributed by atoms with van der Waals surface area (Å²) in [4.78, 5) is 3.98. The molecule has 3 heteroatoms. The van der Waals surface area contributed by atoms with Crippen LogP contribution in [0, 0.1) is 0 Å². The summed E-state index contributed by atoms with van der Waals surface area (Å²) in [5.74, 6) is 0.803. The summed E-state index contributed by atoms with van der Waals surface area (Å²) in [6, 6.07) is 12.0. The van der Waals surface area contributed by atoms with Crippen molar-refractivity contribution in [3.8, 4) is 5.75 Å². The van der Waals surface area contributed by atoms with E-state index in [2.05, 4.69) is 33.0 Å². The van der Waals surface area contributed by atoms with Crippen LogP contribution in [-0.2, 0) is 0 Å². The van der Waals surface area contributed by atoms with Crippen LogP contribution in [0.2, 0.25) is 0 Å². The van der Waals surface area contributed by atoms with Crippen LogP contribution < -0.4 is 4.74 Å². The first-order valence-electron chi connectivity index (χ1n) is 5.30. The van der Waals surface area contributed by atoms with Crippen molar-refractivity contribution in [2.45, 2.75) is 0 Å². The predicted molar refractivity (Wildman–Crippen MR) is 72.9 cm³/mol. The van der Waals surface area contributed by atoms with Crippen LogP contribution in [-0.4, -0.2) is 11.6 Å². The van der Waals surface area contributed by atoms with E-state index in [0.29, 0.717) is 6.61 Å². The minimum atomic E-state index is 0.539. The molecule has 0 saturated carbocycles. The summed E-state index contributed by atoms with van der Waals surface area (Å²) >= 11 is 3.38. The number of hydrogen-bond donors (Lipinski definition) is 0. The molecule has 0 aliphatic rings. The van der Waals surface area contributed by atoms with Crippen molar-refractivity contribution in [1.82, 2.24) is 4.98 Å². The molecule has 0 amide bonds. The maximum absolute atomic E-state index is 5.58. The first kappa shape index (κ1) is 11.9. The number of rotatable bonds is 4. The zero-order valence-corrected chi connectivity index (χ0v) is 10.8. The molecule has 0 bridgehead atoms. The Kier molecular flexibility index (Phi) is 4.33. The topological polar surface area (TPSA) is 22.1 Å². The molecule has 0 aliphatic heterocycles. The minimum absolute atomic E-state index is 0.539. The van der Waals surface area contributed by atoms with Gasteiger partial charge in [0.1, 0.15) is 12.4 Å². The van der Waals surface area contributed by atoms with Gasteiger partial charge in [-0.05, 0) is 33.6 Å². The molecule has 0 spiro atoms. The zero-order chi connectivity index (χ0) is 11.9. The molecule has 0 saturated heterocycles. The third-order valence-corrected chi connectivity index (χ3v) is 2.78. The van der Waals surface area contributed by atoms with Crippen LogP contribution in [0.3, 0.4) is 0 Å². The molecule has 17 heavy (non-hydrogen) atoms. The van der Waals surface area contributed by atoms with Gasteiger partial charge in [0.05, 0.1) is 4.47 Å². The summed E-state index contributed by atoms with van der Waals surface area (Å²) in [5, 5.41) is 0. The Balaban J connectivity index is 1.88. The van der Waals surface area contributed by atoms with Gasteiger partial charge in [-0.15, -0.1) is 0 Å². The Morgan fingerprint density at radius 2 is 2.00 bits per heavy atom. The Bertz CT molecular complexity index is 497. The maximum Gasteiger partial charge on any atom is 0.137 e. The van der Waals surface area contributed by atoms with E-state index in [9.17, 15) is 0 Å². The smallest absolute Gasteiger partial charge is 0.137 e. The number of halogens is 1. The van der Waals surface area contributed by atoms with Gasteiger partial charge >= 0.3 is 0 Å². The molecule has 0 atom stereocenters. The first-order chi connectivity index (χ1) is 8.36. The summed E-state index contributed by atoms with van der Waals surface area (Å²) in [5.41, 5.74) is 1.17. The number of benzene rings is 1. The molecule has 1 aromatic heterocycles. The highest BCUT2D eigenvalue weighted by atomic mass is 79.9. The molecule has 2 aromatic rings. The van der Waals surface area contributed by atoms with Crippen LogP contribution in [0.4, 0.5) is 0 Å². The van der Waals surface area contributed by atoms with E-state index in [0.717, 1.165) is 10.2 Å². The lowest BCUT2D eigenvalue weighted by molar-refractivity contribution is 0.361. The van der Waals surface area contributed by atoms with Gasteiger partial charge < -0.3 is 4.74 Å². The van der Waals surface area contributed by atoms with Gasteiger partial charge in [-0.25, -0.2) is 0 Å². The second-order valence-electron chi connectivity index (χ2n) is 3.43. The van der Waals surface area contributed by atoms with Crippen molar-refractivity contribution < 1.29 is 4.74 Å². The standard InChI is InChI=1S/C14H12BrNO/c15-13-11-16-9-8-14(13)17-10-4-7-12-5-2-1-3-6-12/h1-9,11H,10H2/b7-4+. The fourth-order valence-electron chi connectivity index (χ4n) is 1.37. The zero-order valence-electron chi connectivity index (χ0n) is 9.21. The van der Waals surface area contributed by atoms with Gasteiger partial charge in [0, 0.05) is 12.4 Å². The lowest BCUT2D eigenvalue weighted by Crippen LogP contribution is -1.94. The lowest BCUT2D eigenvalue weighted by atomic mass is 10.2. The van der Waals surface area contributed by atoms with Gasteiger partial charge in [0.2, 0.25) is 0 Å². The second-order valence-corrected chi connectivity index (χ2v) is 4.28. The average Bonchev–Trinajstić information content (AvgIpc) is 2.38. The first-order valence-corrected chi connectivity index (χ1v) is 6.09. The van der Waals surface area contributed by atoms with Crippen molar-refractivity contribution in [3.63, 3.8) is 0 Å². The fraction of sp³-hybridized carbons (Fsp3) is 0.0714. The van der Waals surface area contributed by atoms with Crippen LogP contribution >= 0.6 is 15.9 Å². The lowest BCUT2D eigenvalue weighted by Gasteiger charge is -2.04. The SMILES string of the molecule is Brc1cnccc1OC/C=C/c1ccccc1. The predicted octanol–water partition coefficient (Wildman–Crippen LogP) is 3.94. The van der Waals surface area contributed by atoms with E-state index in [1.807, 2.05) is 36.4 Å². The molecule has 1 aromatic carbocycles. The quantitative estimate of drug-likeness (QED) is 0.851. The van der Waals surface area contributed by atoms with Gasteiger partial charge in [-0.1, -0.05) is 36.4 Å². The van der Waals surface area contributed by atoms with Crippen molar-refractivity contribution in [1.29, 1.82) is 0 Å². The summed E-state index contributed by atoms with van der Waals surface area (Å²) in [6.07, 6.45) is 7.45. The number of ether oxygens (including phenoxy) is 1. The van der Waals surface area contributed by atoms with Crippen LogP contribution in [0.1, 0.15) is 5.56 Å². The maximum atomic E-state index is 5.58. The monoisotopic (exact) mass is 289 g/mol. The molecule has 0 unspecified atom stereocenters. The molecular formula is C14H12BrNO. The average molecular weight is 290 g/mol. The van der Waals surface area contributed by atoms with E-state index >= 15 is 0 Å². The van der Waals surface area contributed by atoms with E-state index in [4.69, 9.17) is 4.74 Å². The third-order valence-electron chi connectivity index (χ3n) is 2.18. The number of hydrogen-bond acceptors (Lipinski definition) is 2. The molecule has 0 N–H and O–H groups in total. The Morgan fingerprint density at radius 3 is 2.76 bits per heavy atom. The summed E-state index contributed by atoms with van der Waals surface area (Å²) in [6.45, 7) is 0.539. The van der Waals surface area contributed by atoms with E-state index < -0.39 is 0 Å². The Labute approximate surface area is 109 Å². The molecule has 0 aliphatic carbocycles. The molecule has 86 valence electrons. The van der Waals surface area contributed by atoms with Crippen LogP contribution in [0.25, 0.3) is 6.08 Å². The second kappa shape index (κ2) is 6.21. The molecule has 0 fully saturated rings. The van der Waals surface area contributed by atoms with Gasteiger partial charge in [-0.3, -0.25) is 4.98 Å². The molecule has 2 rings (SSSR count). The highest BCUT2D eigenvalue weighted by molar-refractivity contribution is 9.10. The molecular weight excluding hydrogens is 278 g/mol. The highest BCUT2D eigenvalue weighted by Crippen LogP contribution is 2.22. The van der Waals surface area contributed by atoms with Crippen molar-refractivity contribution in [2.75, 3.05) is 6.61 Å². The number of pyridine rings is 1. The third kappa shape index (κ3) is 3.71. The highest BCUT2D eigenvalue weighted by Gasteiger charge is 1.97. The number of nitrogens with zero attached hydrogens (tertiary/aromatic N) is 1. The van der Waals surface area contributed by atoms with Crippen LogP contribution in [0.5, 0.6) is 5.75 Å². The number of aromatic nitrogens is 1. The van der Waals surface area contributed by atoms with Crippen molar-refractivity contribution >= 4 is 22.0 Å². The van der Waals surface area contributed by atoms with Crippen molar-refractivity contribution in [3.05, 3.63) is 64.9 Å². The minimum Gasteiger partial charge on any atom is -0.488 e. The largest absolute Gasteiger partial charge is 0.488 e. The van der Waals surface area contributed by atoms with E-state index in [-0.39, 0.29) is 0 Å². The van der Waals surface area contributed by atoms with Crippen LogP contribution in [0.15, 0.2) is 59.3 Å². The molecule has 1 heterocycles.